The van der Waals surface area contributed by atoms with Crippen LogP contribution in [0, 0.1) is 0 Å². The molecule has 0 saturated carbocycles. The summed E-state index contributed by atoms with van der Waals surface area (Å²) in [5.41, 5.74) is 1.65. The molecule has 28 heavy (non-hydrogen) atoms. The Morgan fingerprint density at radius 3 is 2.61 bits per heavy atom. The molecule has 0 spiro atoms. The summed E-state index contributed by atoms with van der Waals surface area (Å²) in [4.78, 5) is 42.4. The minimum atomic E-state index is -0.252. The average Bonchev–Trinajstić information content (AvgIpc) is 2.73. The number of pyridine rings is 1. The van der Waals surface area contributed by atoms with Crippen LogP contribution >= 0.6 is 0 Å². The lowest BCUT2D eigenvalue weighted by atomic mass is 10.1. The molecule has 7 heteroatoms. The number of hydrogen-bond acceptors (Lipinski definition) is 5. The Morgan fingerprint density at radius 2 is 1.93 bits per heavy atom. The van der Waals surface area contributed by atoms with Crippen molar-refractivity contribution in [2.45, 2.75) is 25.8 Å². The van der Waals surface area contributed by atoms with Crippen molar-refractivity contribution in [1.29, 1.82) is 0 Å². The number of carbonyl (C=O) groups is 3. The van der Waals surface area contributed by atoms with E-state index in [2.05, 4.69) is 10.3 Å². The molecule has 0 bridgehead atoms. The summed E-state index contributed by atoms with van der Waals surface area (Å²) in [5.74, 6) is -0.419. The van der Waals surface area contributed by atoms with E-state index in [0.717, 1.165) is 0 Å². The van der Waals surface area contributed by atoms with Gasteiger partial charge in [0.15, 0.2) is 5.78 Å². The largest absolute Gasteiger partial charge is 0.377 e. The quantitative estimate of drug-likeness (QED) is 0.777. The molecule has 1 atom stereocenters. The average molecular weight is 381 g/mol. The van der Waals surface area contributed by atoms with Crippen LogP contribution in [0.5, 0.6) is 0 Å². The summed E-state index contributed by atoms with van der Waals surface area (Å²) in [6, 6.07) is 10.2. The normalized spacial score (nSPS) is 16.5. The molecule has 7 nitrogen and oxygen atoms in total. The fourth-order valence-corrected chi connectivity index (χ4v) is 3.01. The van der Waals surface area contributed by atoms with Gasteiger partial charge in [-0.15, -0.1) is 0 Å². The summed E-state index contributed by atoms with van der Waals surface area (Å²) in [7, 11) is 0. The lowest BCUT2D eigenvalue weighted by molar-refractivity contribution is -0.116. The Balaban J connectivity index is 1.51. The number of ether oxygens (including phenoxy) is 1. The Morgan fingerprint density at radius 1 is 1.14 bits per heavy atom. The SMILES string of the molecule is CC1COCCN1C(=O)c1ccc(NC(=O)CCC(=O)c2cccnc2)cc1. The van der Waals surface area contributed by atoms with Crippen LogP contribution in [-0.2, 0) is 9.53 Å². The summed E-state index contributed by atoms with van der Waals surface area (Å²) >= 11 is 0. The van der Waals surface area contributed by atoms with Crippen molar-refractivity contribution >= 4 is 23.3 Å². The van der Waals surface area contributed by atoms with Crippen LogP contribution in [0.2, 0.25) is 0 Å². The number of carbonyl (C=O) groups excluding carboxylic acids is 3. The number of hydrogen-bond donors (Lipinski definition) is 1. The molecule has 1 fully saturated rings. The van der Waals surface area contributed by atoms with Gasteiger partial charge in [0.1, 0.15) is 0 Å². The molecular formula is C21H23N3O4. The first-order valence-corrected chi connectivity index (χ1v) is 9.26. The number of nitrogens with one attached hydrogen (secondary N) is 1. The summed E-state index contributed by atoms with van der Waals surface area (Å²) in [6.07, 6.45) is 3.28. The van der Waals surface area contributed by atoms with Crippen molar-refractivity contribution in [3.8, 4) is 0 Å². The smallest absolute Gasteiger partial charge is 0.254 e. The van der Waals surface area contributed by atoms with Crippen LogP contribution in [0.1, 0.15) is 40.5 Å². The highest BCUT2D eigenvalue weighted by Gasteiger charge is 2.24. The first-order valence-electron chi connectivity index (χ1n) is 9.26. The number of rotatable bonds is 6. The van der Waals surface area contributed by atoms with Crippen LogP contribution in [0.3, 0.4) is 0 Å². The Kier molecular flexibility index (Phi) is 6.49. The zero-order chi connectivity index (χ0) is 19.9. The molecular weight excluding hydrogens is 358 g/mol. The van der Waals surface area contributed by atoms with Gasteiger partial charge in [0.05, 0.1) is 19.3 Å². The maximum atomic E-state index is 12.6. The molecule has 2 aromatic rings. The van der Waals surface area contributed by atoms with Gasteiger partial charge in [-0.1, -0.05) is 0 Å². The molecule has 1 aromatic heterocycles. The number of anilines is 1. The maximum Gasteiger partial charge on any atom is 0.254 e. The second kappa shape index (κ2) is 9.23. The molecule has 1 aliphatic heterocycles. The van der Waals surface area contributed by atoms with Gasteiger partial charge in [-0.25, -0.2) is 0 Å². The predicted molar refractivity (Wildman–Crippen MR) is 104 cm³/mol. The van der Waals surface area contributed by atoms with Crippen molar-refractivity contribution < 1.29 is 19.1 Å². The van der Waals surface area contributed by atoms with E-state index in [4.69, 9.17) is 4.74 Å². The first kappa shape index (κ1) is 19.7. The van der Waals surface area contributed by atoms with E-state index in [9.17, 15) is 14.4 Å². The second-order valence-corrected chi connectivity index (χ2v) is 6.71. The zero-order valence-corrected chi connectivity index (χ0v) is 15.8. The van der Waals surface area contributed by atoms with E-state index >= 15 is 0 Å². The third kappa shape index (κ3) is 5.01. The highest BCUT2D eigenvalue weighted by Crippen LogP contribution is 2.16. The molecule has 1 aliphatic rings. The van der Waals surface area contributed by atoms with Crippen LogP contribution < -0.4 is 5.32 Å². The van der Waals surface area contributed by atoms with Gasteiger partial charge in [0, 0.05) is 48.6 Å². The molecule has 2 heterocycles. The molecule has 146 valence electrons. The summed E-state index contributed by atoms with van der Waals surface area (Å²) in [6.45, 7) is 3.61. The molecule has 1 saturated heterocycles. The summed E-state index contributed by atoms with van der Waals surface area (Å²) < 4.78 is 5.36. The van der Waals surface area contributed by atoms with Gasteiger partial charge in [0.25, 0.3) is 5.91 Å². The molecule has 2 amide bonds. The van der Waals surface area contributed by atoms with E-state index in [1.54, 1.807) is 47.5 Å². The van der Waals surface area contributed by atoms with Gasteiger partial charge in [-0.05, 0) is 43.3 Å². The third-order valence-electron chi connectivity index (χ3n) is 4.61. The number of morpholine rings is 1. The Labute approximate surface area is 163 Å². The topological polar surface area (TPSA) is 88.6 Å². The third-order valence-corrected chi connectivity index (χ3v) is 4.61. The van der Waals surface area contributed by atoms with E-state index in [-0.39, 0.29) is 36.5 Å². The van der Waals surface area contributed by atoms with E-state index in [1.165, 1.54) is 6.20 Å². The number of aromatic nitrogens is 1. The molecule has 0 radical (unpaired) electrons. The van der Waals surface area contributed by atoms with Gasteiger partial charge < -0.3 is 15.0 Å². The van der Waals surface area contributed by atoms with Crippen molar-refractivity contribution in [2.24, 2.45) is 0 Å². The van der Waals surface area contributed by atoms with Gasteiger partial charge in [-0.3, -0.25) is 19.4 Å². The minimum Gasteiger partial charge on any atom is -0.377 e. The molecule has 1 unspecified atom stereocenters. The van der Waals surface area contributed by atoms with E-state index in [1.807, 2.05) is 6.92 Å². The minimum absolute atomic E-state index is 0.0398. The summed E-state index contributed by atoms with van der Waals surface area (Å²) in [5, 5.41) is 2.75. The van der Waals surface area contributed by atoms with Crippen LogP contribution in [-0.4, -0.2) is 53.3 Å². The molecule has 1 N–H and O–H groups in total. The van der Waals surface area contributed by atoms with Crippen molar-refractivity contribution in [2.75, 3.05) is 25.1 Å². The highest BCUT2D eigenvalue weighted by molar-refractivity contribution is 6.00. The van der Waals surface area contributed by atoms with Crippen LogP contribution in [0.15, 0.2) is 48.8 Å². The van der Waals surface area contributed by atoms with Crippen molar-refractivity contribution in [1.82, 2.24) is 9.88 Å². The number of amides is 2. The maximum absolute atomic E-state index is 12.6. The molecule has 0 aliphatic carbocycles. The number of benzene rings is 1. The fourth-order valence-electron chi connectivity index (χ4n) is 3.01. The van der Waals surface area contributed by atoms with Gasteiger partial charge in [-0.2, -0.15) is 0 Å². The van der Waals surface area contributed by atoms with Gasteiger partial charge in [0.2, 0.25) is 5.91 Å². The molecule has 3 rings (SSSR count). The Bertz CT molecular complexity index is 836. The van der Waals surface area contributed by atoms with E-state index in [0.29, 0.717) is 36.6 Å². The number of nitrogens with zero attached hydrogens (tertiary/aromatic N) is 2. The standard InChI is InChI=1S/C21H23N3O4/c1-15-14-28-12-11-24(15)21(27)16-4-6-18(7-5-16)23-20(26)9-8-19(25)17-3-2-10-22-13-17/h2-7,10,13,15H,8-9,11-12,14H2,1H3,(H,23,26). The highest BCUT2D eigenvalue weighted by atomic mass is 16.5. The second-order valence-electron chi connectivity index (χ2n) is 6.71. The van der Waals surface area contributed by atoms with Crippen LogP contribution in [0.4, 0.5) is 5.69 Å². The number of ketones is 1. The first-order chi connectivity index (χ1) is 13.5. The van der Waals surface area contributed by atoms with Crippen molar-refractivity contribution in [3.63, 3.8) is 0 Å². The predicted octanol–water partition coefficient (Wildman–Crippen LogP) is 2.54. The Hall–Kier alpha value is -3.06. The zero-order valence-electron chi connectivity index (χ0n) is 15.8. The number of Topliss-reactive ketones (excluding diaryl/α,β-unsaturated/α-hetero) is 1. The lowest BCUT2D eigenvalue weighted by Gasteiger charge is -2.33. The van der Waals surface area contributed by atoms with Crippen molar-refractivity contribution in [3.05, 3.63) is 59.9 Å². The monoisotopic (exact) mass is 381 g/mol. The van der Waals surface area contributed by atoms with Crippen LogP contribution in [0.25, 0.3) is 0 Å². The van der Waals surface area contributed by atoms with E-state index < -0.39 is 0 Å². The lowest BCUT2D eigenvalue weighted by Crippen LogP contribution is -2.47. The molecule has 1 aromatic carbocycles. The fraction of sp³-hybridized carbons (Fsp3) is 0.333. The van der Waals surface area contributed by atoms with Gasteiger partial charge >= 0.3 is 0 Å².